The van der Waals surface area contributed by atoms with Crippen molar-refractivity contribution in [2.45, 2.75) is 33.3 Å². The lowest BCUT2D eigenvalue weighted by molar-refractivity contribution is 0.0806. The topological polar surface area (TPSA) is 41.9 Å². The summed E-state index contributed by atoms with van der Waals surface area (Å²) < 4.78 is 26.2. The first-order valence-corrected chi connectivity index (χ1v) is 12.4. The van der Waals surface area contributed by atoms with Crippen LogP contribution in [-0.2, 0) is 0 Å². The van der Waals surface area contributed by atoms with Crippen molar-refractivity contribution in [3.8, 4) is 17.2 Å². The molecule has 0 amide bonds. The minimum atomic E-state index is -0.363. The van der Waals surface area contributed by atoms with Gasteiger partial charge in [0.2, 0.25) is 0 Å². The average Bonchev–Trinajstić information content (AvgIpc) is 2.83. The van der Waals surface area contributed by atoms with E-state index >= 15 is 0 Å². The predicted molar refractivity (Wildman–Crippen MR) is 137 cm³/mol. The molecule has 2 aliphatic rings. The molecule has 0 aliphatic carbocycles. The molecule has 0 spiro atoms. The first kappa shape index (κ1) is 23.4. The molecule has 4 nitrogen and oxygen atoms in total. The summed E-state index contributed by atoms with van der Waals surface area (Å²) in [4.78, 5) is 2.43. The van der Waals surface area contributed by atoms with Crippen molar-refractivity contribution in [1.82, 2.24) is 4.90 Å². The fourth-order valence-electron chi connectivity index (χ4n) is 4.97. The van der Waals surface area contributed by atoms with Crippen molar-refractivity contribution in [3.63, 3.8) is 0 Å². The van der Waals surface area contributed by atoms with Crippen LogP contribution in [0.4, 0.5) is 4.39 Å². The minimum absolute atomic E-state index is 0.230. The number of rotatable bonds is 7. The number of halogens is 1. The second-order valence-electron chi connectivity index (χ2n) is 9.63. The smallest absolute Gasteiger partial charge is 0.150 e. The second kappa shape index (κ2) is 9.74. The highest BCUT2D eigenvalue weighted by atomic mass is 19.1. The zero-order valence-electron chi connectivity index (χ0n) is 20.6. The Bertz CT molecular complexity index is 1230. The third-order valence-corrected chi connectivity index (χ3v) is 7.24. The van der Waals surface area contributed by atoms with Gasteiger partial charge in [-0.3, -0.25) is 4.90 Å². The largest absolute Gasteiger partial charge is 0.508 e. The summed E-state index contributed by atoms with van der Waals surface area (Å²) in [6.45, 7) is 10.1. The van der Waals surface area contributed by atoms with Gasteiger partial charge >= 0.3 is 0 Å². The zero-order chi connectivity index (χ0) is 24.5. The SMILES string of the molecule is CCC1CN(CCOc2ccc([C@H]3Oc4cc(C)c(O)cc4C(C)=C3c3ccc(F)cc3)cc2)C1. The molecule has 182 valence electrons. The van der Waals surface area contributed by atoms with Crippen molar-refractivity contribution in [1.29, 1.82) is 0 Å². The van der Waals surface area contributed by atoms with E-state index in [1.54, 1.807) is 18.2 Å². The number of allylic oxidation sites excluding steroid dienone is 1. The quantitative estimate of drug-likeness (QED) is 0.418. The van der Waals surface area contributed by atoms with Gasteiger partial charge in [0.15, 0.2) is 0 Å². The molecular formula is C30H32FNO3. The van der Waals surface area contributed by atoms with Crippen LogP contribution >= 0.6 is 0 Å². The number of hydrogen-bond donors (Lipinski definition) is 1. The molecule has 0 unspecified atom stereocenters. The summed E-state index contributed by atoms with van der Waals surface area (Å²) in [6, 6.07) is 18.1. The maximum atomic E-state index is 13.7. The Morgan fingerprint density at radius 1 is 1.03 bits per heavy atom. The average molecular weight is 474 g/mol. The summed E-state index contributed by atoms with van der Waals surface area (Å²) in [5.41, 5.74) is 5.44. The van der Waals surface area contributed by atoms with Crippen molar-refractivity contribution < 1.29 is 19.0 Å². The molecule has 1 N–H and O–H groups in total. The van der Waals surface area contributed by atoms with Crippen LogP contribution in [0.2, 0.25) is 0 Å². The van der Waals surface area contributed by atoms with Crippen LogP contribution < -0.4 is 9.47 Å². The van der Waals surface area contributed by atoms with Gasteiger partial charge in [0, 0.05) is 30.8 Å². The normalized spacial score (nSPS) is 18.1. The van der Waals surface area contributed by atoms with E-state index in [4.69, 9.17) is 9.47 Å². The molecule has 3 aromatic carbocycles. The Morgan fingerprint density at radius 3 is 2.43 bits per heavy atom. The second-order valence-corrected chi connectivity index (χ2v) is 9.63. The van der Waals surface area contributed by atoms with Crippen molar-refractivity contribution >= 4 is 11.1 Å². The van der Waals surface area contributed by atoms with Crippen molar-refractivity contribution in [3.05, 3.63) is 88.7 Å². The maximum absolute atomic E-state index is 13.7. The molecule has 0 bridgehead atoms. The number of hydrogen-bond acceptors (Lipinski definition) is 4. The lowest BCUT2D eigenvalue weighted by Gasteiger charge is -2.38. The van der Waals surface area contributed by atoms with Gasteiger partial charge in [0.25, 0.3) is 0 Å². The van der Waals surface area contributed by atoms with Gasteiger partial charge in [-0.1, -0.05) is 37.6 Å². The summed E-state index contributed by atoms with van der Waals surface area (Å²) in [7, 11) is 0. The number of phenolic OH excluding ortho intramolecular Hbond substituents is 1. The molecule has 3 aromatic rings. The third kappa shape index (κ3) is 4.78. The molecule has 1 saturated heterocycles. The van der Waals surface area contributed by atoms with Crippen LogP contribution in [0.5, 0.6) is 17.2 Å². The first-order chi connectivity index (χ1) is 16.9. The zero-order valence-corrected chi connectivity index (χ0v) is 20.6. The van der Waals surface area contributed by atoms with Gasteiger partial charge in [0.1, 0.15) is 35.8 Å². The highest BCUT2D eigenvalue weighted by Gasteiger charge is 2.30. The maximum Gasteiger partial charge on any atom is 0.150 e. The molecule has 2 aliphatic heterocycles. The summed E-state index contributed by atoms with van der Waals surface area (Å²) in [6.07, 6.45) is 0.888. The van der Waals surface area contributed by atoms with E-state index < -0.39 is 0 Å². The van der Waals surface area contributed by atoms with Crippen molar-refractivity contribution in [2.24, 2.45) is 5.92 Å². The number of phenols is 1. The van der Waals surface area contributed by atoms with Gasteiger partial charge in [-0.15, -0.1) is 0 Å². The Kier molecular flexibility index (Phi) is 6.52. The van der Waals surface area contributed by atoms with Crippen molar-refractivity contribution in [2.75, 3.05) is 26.2 Å². The van der Waals surface area contributed by atoms with E-state index in [-0.39, 0.29) is 17.7 Å². The number of fused-ring (bicyclic) bond motifs is 1. The number of aryl methyl sites for hydroxylation is 1. The number of benzene rings is 3. The number of aromatic hydroxyl groups is 1. The molecule has 1 atom stereocenters. The van der Waals surface area contributed by atoms with Gasteiger partial charge in [-0.2, -0.15) is 0 Å². The standard InChI is InChI=1S/C30H32FNO3/c1-4-21-17-32(18-21)13-14-34-25-11-7-23(8-12-25)30-29(22-5-9-24(31)10-6-22)20(3)26-16-27(33)19(2)15-28(26)35-30/h5-12,15-16,21,30,33H,4,13-14,17-18H2,1-3H3/t30-/m1/s1. The number of likely N-dealkylation sites (tertiary alicyclic amines) is 1. The van der Waals surface area contributed by atoms with E-state index in [2.05, 4.69) is 11.8 Å². The lowest BCUT2D eigenvalue weighted by Crippen LogP contribution is -2.47. The summed E-state index contributed by atoms with van der Waals surface area (Å²) >= 11 is 0. The van der Waals surface area contributed by atoms with Gasteiger partial charge in [-0.05, 0) is 78.4 Å². The van der Waals surface area contributed by atoms with E-state index in [1.807, 2.05) is 44.2 Å². The van der Waals surface area contributed by atoms with E-state index in [0.29, 0.717) is 6.61 Å². The molecule has 35 heavy (non-hydrogen) atoms. The Labute approximate surface area is 206 Å². The van der Waals surface area contributed by atoms with E-state index in [9.17, 15) is 9.50 Å². The number of nitrogens with zero attached hydrogens (tertiary/aromatic N) is 1. The van der Waals surface area contributed by atoms with Crippen LogP contribution in [0.25, 0.3) is 11.1 Å². The predicted octanol–water partition coefficient (Wildman–Crippen LogP) is 6.62. The molecule has 5 heteroatoms. The Balaban J connectivity index is 1.39. The fourth-order valence-corrected chi connectivity index (χ4v) is 4.97. The van der Waals surface area contributed by atoms with E-state index in [1.165, 1.54) is 31.6 Å². The molecular weight excluding hydrogens is 441 g/mol. The van der Waals surface area contributed by atoms with Gasteiger partial charge in [-0.25, -0.2) is 4.39 Å². The molecule has 0 saturated carbocycles. The van der Waals surface area contributed by atoms with E-state index in [0.717, 1.165) is 57.4 Å². The first-order valence-electron chi connectivity index (χ1n) is 12.4. The van der Waals surface area contributed by atoms with Crippen LogP contribution in [0.1, 0.15) is 48.6 Å². The molecule has 1 fully saturated rings. The molecule has 5 rings (SSSR count). The van der Waals surface area contributed by atoms with Crippen LogP contribution in [0, 0.1) is 18.7 Å². The van der Waals surface area contributed by atoms with Crippen LogP contribution in [0.15, 0.2) is 60.7 Å². The Morgan fingerprint density at radius 2 is 1.74 bits per heavy atom. The summed E-state index contributed by atoms with van der Waals surface area (Å²) in [5, 5.41) is 10.3. The fraction of sp³-hybridized carbons (Fsp3) is 0.333. The monoisotopic (exact) mass is 473 g/mol. The highest BCUT2D eigenvalue weighted by Crippen LogP contribution is 2.48. The summed E-state index contributed by atoms with van der Waals surface area (Å²) in [5.74, 6) is 2.36. The molecule has 0 aromatic heterocycles. The molecule has 2 heterocycles. The highest BCUT2D eigenvalue weighted by molar-refractivity contribution is 5.95. The van der Waals surface area contributed by atoms with Crippen LogP contribution in [-0.4, -0.2) is 36.2 Å². The van der Waals surface area contributed by atoms with Gasteiger partial charge < -0.3 is 14.6 Å². The van der Waals surface area contributed by atoms with Crippen LogP contribution in [0.3, 0.4) is 0 Å². The number of ether oxygens (including phenoxy) is 2. The lowest BCUT2D eigenvalue weighted by atomic mass is 9.86. The minimum Gasteiger partial charge on any atom is -0.508 e. The third-order valence-electron chi connectivity index (χ3n) is 7.24. The Hall–Kier alpha value is -3.31. The van der Waals surface area contributed by atoms with Gasteiger partial charge in [0.05, 0.1) is 0 Å². The molecule has 0 radical (unpaired) electrons.